The van der Waals surface area contributed by atoms with Gasteiger partial charge in [0.05, 0.1) is 0 Å². The van der Waals surface area contributed by atoms with Crippen molar-refractivity contribution in [3.8, 4) is 0 Å². The summed E-state index contributed by atoms with van der Waals surface area (Å²) in [6, 6.07) is 6.52. The lowest BCUT2D eigenvalue weighted by atomic mass is 10.1. The smallest absolute Gasteiger partial charge is 0.0422 e. The van der Waals surface area contributed by atoms with Crippen LogP contribution in [0, 0.1) is 0 Å². The van der Waals surface area contributed by atoms with E-state index in [-0.39, 0.29) is 0 Å². The van der Waals surface area contributed by atoms with Crippen molar-refractivity contribution < 1.29 is 0 Å². The van der Waals surface area contributed by atoms with Crippen LogP contribution >= 0.6 is 11.8 Å². The lowest BCUT2D eigenvalue weighted by Crippen LogP contribution is -2.25. The van der Waals surface area contributed by atoms with Gasteiger partial charge in [0, 0.05) is 35.8 Å². The van der Waals surface area contributed by atoms with E-state index in [1.54, 1.807) is 0 Å². The van der Waals surface area contributed by atoms with Crippen LogP contribution in [0.5, 0.6) is 0 Å². The topological polar surface area (TPSA) is 29.3 Å². The van der Waals surface area contributed by atoms with E-state index in [9.17, 15) is 0 Å². The van der Waals surface area contributed by atoms with Crippen LogP contribution in [0.3, 0.4) is 0 Å². The fourth-order valence-corrected chi connectivity index (χ4v) is 2.91. The van der Waals surface area contributed by atoms with Crippen LogP contribution in [-0.4, -0.2) is 18.8 Å². The maximum atomic E-state index is 5.93. The molecule has 0 heterocycles. The molecule has 0 saturated carbocycles. The summed E-state index contributed by atoms with van der Waals surface area (Å²) in [6.07, 6.45) is 1.17. The summed E-state index contributed by atoms with van der Waals surface area (Å²) in [5.74, 6) is 1.09. The molecular weight excluding hydrogens is 228 g/mol. The predicted molar refractivity (Wildman–Crippen MR) is 78.9 cm³/mol. The van der Waals surface area contributed by atoms with Crippen LogP contribution in [0.1, 0.15) is 32.8 Å². The van der Waals surface area contributed by atoms with Gasteiger partial charge in [0.2, 0.25) is 0 Å². The molecule has 0 aromatic heterocycles. The van der Waals surface area contributed by atoms with Crippen molar-refractivity contribution in [2.45, 2.75) is 38.6 Å². The summed E-state index contributed by atoms with van der Waals surface area (Å²) in [5.41, 5.74) is 8.55. The number of nitrogens with two attached hydrogens (primary N) is 1. The van der Waals surface area contributed by atoms with E-state index in [1.807, 2.05) is 11.8 Å². The zero-order chi connectivity index (χ0) is 12.7. The second-order valence-corrected chi connectivity index (χ2v) is 5.28. The molecule has 96 valence electrons. The Morgan fingerprint density at radius 2 is 2.00 bits per heavy atom. The Morgan fingerprint density at radius 3 is 2.53 bits per heavy atom. The zero-order valence-corrected chi connectivity index (χ0v) is 12.0. The van der Waals surface area contributed by atoms with Crippen LogP contribution < -0.4 is 10.6 Å². The highest BCUT2D eigenvalue weighted by Crippen LogP contribution is 2.30. The standard InChI is InChI=1S/C14H24N2S/c1-4-10-16(5-2)13-8-7-9-14(17-6-3)12(13)11-15/h7-9H,4-6,10-11,15H2,1-3H3. The van der Waals surface area contributed by atoms with Gasteiger partial charge in [-0.3, -0.25) is 0 Å². The number of hydrogen-bond acceptors (Lipinski definition) is 3. The monoisotopic (exact) mass is 252 g/mol. The van der Waals surface area contributed by atoms with E-state index >= 15 is 0 Å². The SMILES string of the molecule is CCCN(CC)c1cccc(SCC)c1CN. The summed E-state index contributed by atoms with van der Waals surface area (Å²) in [4.78, 5) is 3.75. The number of nitrogens with zero attached hydrogens (tertiary/aromatic N) is 1. The minimum Gasteiger partial charge on any atom is -0.372 e. The molecule has 0 fully saturated rings. The molecule has 0 amide bonds. The van der Waals surface area contributed by atoms with Gasteiger partial charge in [-0.05, 0) is 31.2 Å². The summed E-state index contributed by atoms with van der Waals surface area (Å²) in [6.45, 7) is 9.37. The van der Waals surface area contributed by atoms with E-state index in [0.717, 1.165) is 18.8 Å². The highest BCUT2D eigenvalue weighted by atomic mass is 32.2. The lowest BCUT2D eigenvalue weighted by Gasteiger charge is -2.26. The average molecular weight is 252 g/mol. The molecule has 0 aliphatic rings. The third-order valence-electron chi connectivity index (χ3n) is 2.83. The van der Waals surface area contributed by atoms with Crippen molar-refractivity contribution in [2.75, 3.05) is 23.7 Å². The third kappa shape index (κ3) is 3.65. The average Bonchev–Trinajstić information content (AvgIpc) is 2.36. The molecule has 2 nitrogen and oxygen atoms in total. The first-order chi connectivity index (χ1) is 8.28. The molecule has 0 aliphatic heterocycles. The van der Waals surface area contributed by atoms with E-state index < -0.39 is 0 Å². The Bertz CT molecular complexity index is 339. The van der Waals surface area contributed by atoms with E-state index in [0.29, 0.717) is 6.54 Å². The van der Waals surface area contributed by atoms with Crippen LogP contribution in [0.15, 0.2) is 23.1 Å². The van der Waals surface area contributed by atoms with Gasteiger partial charge in [0.25, 0.3) is 0 Å². The molecule has 0 spiro atoms. The van der Waals surface area contributed by atoms with Crippen molar-refractivity contribution >= 4 is 17.4 Å². The van der Waals surface area contributed by atoms with Crippen molar-refractivity contribution in [1.29, 1.82) is 0 Å². The van der Waals surface area contributed by atoms with Crippen molar-refractivity contribution in [1.82, 2.24) is 0 Å². The summed E-state index contributed by atoms with van der Waals surface area (Å²) in [5, 5.41) is 0. The third-order valence-corrected chi connectivity index (χ3v) is 3.81. The molecule has 0 aliphatic carbocycles. The first-order valence-corrected chi connectivity index (χ1v) is 7.46. The number of anilines is 1. The molecule has 0 atom stereocenters. The highest BCUT2D eigenvalue weighted by Gasteiger charge is 2.11. The molecule has 2 N–H and O–H groups in total. The first kappa shape index (κ1) is 14.4. The van der Waals surface area contributed by atoms with E-state index in [2.05, 4.69) is 43.9 Å². The lowest BCUT2D eigenvalue weighted by molar-refractivity contribution is 0.782. The molecule has 17 heavy (non-hydrogen) atoms. The molecule has 0 saturated heterocycles. The van der Waals surface area contributed by atoms with Gasteiger partial charge in [-0.15, -0.1) is 11.8 Å². The predicted octanol–water partition coefficient (Wildman–Crippen LogP) is 3.49. The number of benzene rings is 1. The van der Waals surface area contributed by atoms with Gasteiger partial charge in [0.15, 0.2) is 0 Å². The number of rotatable bonds is 7. The maximum Gasteiger partial charge on any atom is 0.0422 e. The van der Waals surface area contributed by atoms with Crippen LogP contribution in [0.4, 0.5) is 5.69 Å². The Morgan fingerprint density at radius 1 is 1.24 bits per heavy atom. The molecule has 0 unspecified atom stereocenters. The molecular formula is C14H24N2S. The largest absolute Gasteiger partial charge is 0.372 e. The summed E-state index contributed by atoms with van der Waals surface area (Å²) in [7, 11) is 0. The van der Waals surface area contributed by atoms with Gasteiger partial charge in [-0.1, -0.05) is 19.9 Å². The molecule has 1 aromatic carbocycles. The molecule has 1 rings (SSSR count). The fraction of sp³-hybridized carbons (Fsp3) is 0.571. The molecule has 3 heteroatoms. The Labute approximate surface area is 110 Å². The second kappa shape index (κ2) is 7.62. The Balaban J connectivity index is 3.08. The fourth-order valence-electron chi connectivity index (χ4n) is 2.07. The van der Waals surface area contributed by atoms with Gasteiger partial charge in [-0.2, -0.15) is 0 Å². The minimum absolute atomic E-state index is 0.624. The number of thioether (sulfide) groups is 1. The van der Waals surface area contributed by atoms with Crippen molar-refractivity contribution in [2.24, 2.45) is 5.73 Å². The second-order valence-electron chi connectivity index (χ2n) is 3.97. The van der Waals surface area contributed by atoms with E-state index in [4.69, 9.17) is 5.73 Å². The Hall–Kier alpha value is -0.670. The normalized spacial score (nSPS) is 10.6. The van der Waals surface area contributed by atoms with Crippen LogP contribution in [-0.2, 0) is 6.54 Å². The molecule has 0 bridgehead atoms. The van der Waals surface area contributed by atoms with Gasteiger partial charge in [-0.25, -0.2) is 0 Å². The first-order valence-electron chi connectivity index (χ1n) is 6.48. The zero-order valence-electron chi connectivity index (χ0n) is 11.2. The summed E-state index contributed by atoms with van der Waals surface area (Å²) >= 11 is 1.88. The number of hydrogen-bond donors (Lipinski definition) is 1. The van der Waals surface area contributed by atoms with E-state index in [1.165, 1.54) is 22.6 Å². The van der Waals surface area contributed by atoms with Crippen molar-refractivity contribution in [3.05, 3.63) is 23.8 Å². The summed E-state index contributed by atoms with van der Waals surface area (Å²) < 4.78 is 0. The van der Waals surface area contributed by atoms with Gasteiger partial charge >= 0.3 is 0 Å². The van der Waals surface area contributed by atoms with Crippen LogP contribution in [0.25, 0.3) is 0 Å². The van der Waals surface area contributed by atoms with Crippen molar-refractivity contribution in [3.63, 3.8) is 0 Å². The Kier molecular flexibility index (Phi) is 6.45. The maximum absolute atomic E-state index is 5.93. The van der Waals surface area contributed by atoms with Gasteiger partial charge < -0.3 is 10.6 Å². The molecule has 1 aromatic rings. The quantitative estimate of drug-likeness (QED) is 0.753. The highest BCUT2D eigenvalue weighted by molar-refractivity contribution is 7.99. The van der Waals surface area contributed by atoms with Gasteiger partial charge in [0.1, 0.15) is 0 Å². The minimum atomic E-state index is 0.624. The molecule has 0 radical (unpaired) electrons. The van der Waals surface area contributed by atoms with Crippen LogP contribution in [0.2, 0.25) is 0 Å².